The van der Waals surface area contributed by atoms with Crippen LogP contribution in [0.2, 0.25) is 0 Å². The molecule has 0 spiro atoms. The SMILES string of the molecule is Cc1ncc(-c2ccc3c(c2)N(C2COC2)C(=O)C3(C)C)cn1.Cc1ncc(-c2ccc3c(c2)N(CC2CCC2)C(=O)C3(C)C)cn1. The molecule has 3 aliphatic heterocycles. The highest BCUT2D eigenvalue weighted by Gasteiger charge is 2.48. The molecule has 9 nitrogen and oxygen atoms in total. The fourth-order valence-corrected chi connectivity index (χ4v) is 6.92. The van der Waals surface area contributed by atoms with E-state index in [9.17, 15) is 9.59 Å². The second kappa shape index (κ2) is 11.6. The minimum absolute atomic E-state index is 0.146. The third-order valence-corrected chi connectivity index (χ3v) is 10.3. The van der Waals surface area contributed by atoms with Gasteiger partial charge in [-0.15, -0.1) is 0 Å². The first-order valence-electron chi connectivity index (χ1n) is 16.6. The minimum Gasteiger partial charge on any atom is -0.377 e. The Morgan fingerprint density at radius 2 is 1.19 bits per heavy atom. The zero-order valence-corrected chi connectivity index (χ0v) is 28.1. The Morgan fingerprint density at radius 3 is 1.66 bits per heavy atom. The first-order valence-corrected chi connectivity index (χ1v) is 16.6. The number of amides is 2. The van der Waals surface area contributed by atoms with Crippen LogP contribution in [0, 0.1) is 19.8 Å². The average molecular weight is 631 g/mol. The van der Waals surface area contributed by atoms with Gasteiger partial charge in [0.1, 0.15) is 11.6 Å². The van der Waals surface area contributed by atoms with Crippen LogP contribution in [-0.4, -0.2) is 57.6 Å². The molecule has 2 fully saturated rings. The van der Waals surface area contributed by atoms with Crippen LogP contribution in [0.25, 0.3) is 22.3 Å². The lowest BCUT2D eigenvalue weighted by atomic mass is 9.84. The Hall–Kier alpha value is -4.50. The summed E-state index contributed by atoms with van der Waals surface area (Å²) in [6, 6.07) is 12.6. The van der Waals surface area contributed by atoms with Crippen LogP contribution < -0.4 is 9.80 Å². The maximum atomic E-state index is 13.0. The van der Waals surface area contributed by atoms with Gasteiger partial charge in [0.05, 0.1) is 30.1 Å². The molecule has 2 amide bonds. The van der Waals surface area contributed by atoms with E-state index in [4.69, 9.17) is 4.74 Å². The molecule has 1 saturated carbocycles. The summed E-state index contributed by atoms with van der Waals surface area (Å²) in [6.45, 7) is 13.9. The summed E-state index contributed by atoms with van der Waals surface area (Å²) in [5.74, 6) is 2.55. The van der Waals surface area contributed by atoms with Crippen LogP contribution in [0.15, 0.2) is 61.2 Å². The molecule has 2 aromatic carbocycles. The highest BCUT2D eigenvalue weighted by atomic mass is 16.5. The smallest absolute Gasteiger partial charge is 0.237 e. The van der Waals surface area contributed by atoms with E-state index < -0.39 is 10.8 Å². The summed E-state index contributed by atoms with van der Waals surface area (Å²) in [4.78, 5) is 46.8. The third-order valence-electron chi connectivity index (χ3n) is 10.3. The summed E-state index contributed by atoms with van der Waals surface area (Å²) in [5.41, 5.74) is 7.37. The fraction of sp³-hybridized carbons (Fsp3) is 0.421. The van der Waals surface area contributed by atoms with E-state index in [1.165, 1.54) is 19.3 Å². The molecule has 8 rings (SSSR count). The van der Waals surface area contributed by atoms with Crippen molar-refractivity contribution in [2.75, 3.05) is 29.6 Å². The van der Waals surface area contributed by atoms with Gasteiger partial charge in [0, 0.05) is 53.8 Å². The molecule has 47 heavy (non-hydrogen) atoms. The van der Waals surface area contributed by atoms with Crippen molar-refractivity contribution in [2.24, 2.45) is 5.92 Å². The van der Waals surface area contributed by atoms with Gasteiger partial charge >= 0.3 is 0 Å². The maximum absolute atomic E-state index is 13.0. The maximum Gasteiger partial charge on any atom is 0.237 e. The van der Waals surface area contributed by atoms with Crippen LogP contribution in [0.4, 0.5) is 11.4 Å². The first kappa shape index (κ1) is 31.1. The van der Waals surface area contributed by atoms with Crippen molar-refractivity contribution in [1.82, 2.24) is 19.9 Å². The van der Waals surface area contributed by atoms with E-state index in [1.54, 1.807) is 0 Å². The molecular formula is C38H42N6O3. The van der Waals surface area contributed by atoms with E-state index in [1.807, 2.05) is 82.2 Å². The largest absolute Gasteiger partial charge is 0.377 e. The number of ether oxygens (including phenoxy) is 1. The van der Waals surface area contributed by atoms with Crippen LogP contribution in [0.5, 0.6) is 0 Å². The molecule has 4 aliphatic rings. The quantitative estimate of drug-likeness (QED) is 0.253. The molecule has 1 aliphatic carbocycles. The molecule has 0 atom stereocenters. The molecule has 9 heteroatoms. The second-order valence-corrected chi connectivity index (χ2v) is 14.3. The molecule has 0 unspecified atom stereocenters. The van der Waals surface area contributed by atoms with Crippen molar-refractivity contribution in [3.63, 3.8) is 0 Å². The summed E-state index contributed by atoms with van der Waals surface area (Å²) < 4.78 is 5.29. The Labute approximate surface area is 276 Å². The van der Waals surface area contributed by atoms with Gasteiger partial charge in [-0.2, -0.15) is 0 Å². The van der Waals surface area contributed by atoms with Gasteiger partial charge in [0.2, 0.25) is 11.8 Å². The van der Waals surface area contributed by atoms with Crippen molar-refractivity contribution in [3.8, 4) is 22.3 Å². The number of fused-ring (bicyclic) bond motifs is 2. The Kier molecular flexibility index (Phi) is 7.70. The monoisotopic (exact) mass is 630 g/mol. The molecule has 5 heterocycles. The summed E-state index contributed by atoms with van der Waals surface area (Å²) in [6.07, 6.45) is 11.1. The number of carbonyl (C=O) groups is 2. The lowest BCUT2D eigenvalue weighted by molar-refractivity contribution is -0.124. The molecular weight excluding hydrogens is 588 g/mol. The van der Waals surface area contributed by atoms with Crippen LogP contribution in [0.3, 0.4) is 0 Å². The number of carbonyl (C=O) groups excluding carboxylic acids is 2. The predicted octanol–water partition coefficient (Wildman–Crippen LogP) is 6.35. The van der Waals surface area contributed by atoms with Crippen LogP contribution in [-0.2, 0) is 25.2 Å². The highest BCUT2D eigenvalue weighted by Crippen LogP contribution is 2.46. The number of hydrogen-bond acceptors (Lipinski definition) is 7. The van der Waals surface area contributed by atoms with Crippen LogP contribution >= 0.6 is 0 Å². The summed E-state index contributed by atoms with van der Waals surface area (Å²) in [7, 11) is 0. The topological polar surface area (TPSA) is 101 Å². The van der Waals surface area contributed by atoms with Crippen molar-refractivity contribution >= 4 is 23.2 Å². The van der Waals surface area contributed by atoms with Crippen LogP contribution in [0.1, 0.15) is 69.7 Å². The molecule has 1 saturated heterocycles. The van der Waals surface area contributed by atoms with Gasteiger partial charge in [-0.1, -0.05) is 30.7 Å². The lowest BCUT2D eigenvalue weighted by Crippen LogP contribution is -2.52. The van der Waals surface area contributed by atoms with E-state index >= 15 is 0 Å². The highest BCUT2D eigenvalue weighted by molar-refractivity contribution is 6.09. The Morgan fingerprint density at radius 1 is 0.702 bits per heavy atom. The normalized spacial score (nSPS) is 19.4. The number of anilines is 2. The van der Waals surface area contributed by atoms with Crippen molar-refractivity contribution in [3.05, 3.63) is 84.0 Å². The second-order valence-electron chi connectivity index (χ2n) is 14.3. The number of rotatable bonds is 5. The van der Waals surface area contributed by atoms with Gasteiger partial charge in [-0.05, 0) is 94.7 Å². The van der Waals surface area contributed by atoms with Crippen molar-refractivity contribution in [2.45, 2.75) is 77.7 Å². The van der Waals surface area contributed by atoms with Crippen molar-refractivity contribution < 1.29 is 14.3 Å². The zero-order chi connectivity index (χ0) is 33.1. The van der Waals surface area contributed by atoms with E-state index in [0.29, 0.717) is 19.1 Å². The number of aromatic nitrogens is 4. The predicted molar refractivity (Wildman–Crippen MR) is 182 cm³/mol. The summed E-state index contributed by atoms with van der Waals surface area (Å²) in [5, 5.41) is 0. The molecule has 2 aromatic heterocycles. The number of hydrogen-bond donors (Lipinski definition) is 0. The molecule has 0 radical (unpaired) electrons. The van der Waals surface area contributed by atoms with E-state index in [-0.39, 0.29) is 17.9 Å². The first-order chi connectivity index (χ1) is 22.4. The molecule has 242 valence electrons. The van der Waals surface area contributed by atoms with E-state index in [2.05, 4.69) is 50.3 Å². The minimum atomic E-state index is -0.493. The van der Waals surface area contributed by atoms with E-state index in [0.717, 1.165) is 62.9 Å². The molecule has 0 N–H and O–H groups in total. The number of benzene rings is 2. The van der Waals surface area contributed by atoms with Gasteiger partial charge in [0.15, 0.2) is 0 Å². The van der Waals surface area contributed by atoms with Crippen molar-refractivity contribution in [1.29, 1.82) is 0 Å². The van der Waals surface area contributed by atoms with Gasteiger partial charge in [0.25, 0.3) is 0 Å². The fourth-order valence-electron chi connectivity index (χ4n) is 6.92. The van der Waals surface area contributed by atoms with Gasteiger partial charge < -0.3 is 14.5 Å². The lowest BCUT2D eigenvalue weighted by Gasteiger charge is -2.35. The standard InChI is InChI=1S/C20H23N3O.C18H19N3O2/c1-13-21-10-16(11-22-13)15-7-8-17-18(9-15)23(12-14-5-4-6-14)19(24)20(17,2)3;1-11-19-7-13(8-20-11)12-4-5-15-16(6-12)21(14-9-23-10-14)17(22)18(15,2)3/h7-11,14H,4-6,12H2,1-3H3;4-8,14H,9-10H2,1-3H3. The zero-order valence-electron chi connectivity index (χ0n) is 28.1. The Balaban J connectivity index is 0.000000150. The number of aryl methyl sites for hydroxylation is 2. The van der Waals surface area contributed by atoms with Gasteiger partial charge in [-0.25, -0.2) is 19.9 Å². The molecule has 4 aromatic rings. The number of nitrogens with zero attached hydrogens (tertiary/aromatic N) is 6. The summed E-state index contributed by atoms with van der Waals surface area (Å²) >= 11 is 0. The average Bonchev–Trinajstić information content (AvgIpc) is 3.32. The third kappa shape index (κ3) is 5.40. The Bertz CT molecular complexity index is 1840. The molecule has 0 bridgehead atoms. The van der Waals surface area contributed by atoms with Gasteiger partial charge in [-0.3, -0.25) is 9.59 Å².